The van der Waals surface area contributed by atoms with E-state index in [4.69, 9.17) is 0 Å². The van der Waals surface area contributed by atoms with Crippen LogP contribution in [0.15, 0.2) is 52.5 Å². The lowest BCUT2D eigenvalue weighted by Gasteiger charge is -2.06. The highest BCUT2D eigenvalue weighted by Gasteiger charge is 2.13. The first-order valence-corrected chi connectivity index (χ1v) is 7.75. The third kappa shape index (κ3) is 3.66. The summed E-state index contributed by atoms with van der Waals surface area (Å²) in [6, 6.07) is 10.8. The molecule has 0 amide bonds. The Hall–Kier alpha value is -2.21. The Labute approximate surface area is 123 Å². The molecule has 110 valence electrons. The summed E-state index contributed by atoms with van der Waals surface area (Å²) in [5, 5.41) is 3.60. The maximum absolute atomic E-state index is 13.4. The zero-order valence-corrected chi connectivity index (χ0v) is 12.5. The molecule has 0 spiro atoms. The quantitative estimate of drug-likeness (QED) is 0.697. The van der Waals surface area contributed by atoms with Crippen LogP contribution in [0.3, 0.4) is 0 Å². The van der Waals surface area contributed by atoms with Gasteiger partial charge in [-0.15, -0.1) is 0 Å². The number of benzene rings is 2. The number of aryl methyl sites for hydroxylation is 2. The van der Waals surface area contributed by atoms with Gasteiger partial charge in [-0.1, -0.05) is 24.3 Å². The summed E-state index contributed by atoms with van der Waals surface area (Å²) in [5.74, 6) is -0.466. The molecule has 0 aliphatic carbocycles. The van der Waals surface area contributed by atoms with E-state index in [1.807, 2.05) is 13.8 Å². The minimum atomic E-state index is -3.75. The van der Waals surface area contributed by atoms with E-state index in [-0.39, 0.29) is 10.5 Å². The van der Waals surface area contributed by atoms with Crippen LogP contribution >= 0.6 is 0 Å². The van der Waals surface area contributed by atoms with Crippen molar-refractivity contribution in [3.05, 3.63) is 65.0 Å². The van der Waals surface area contributed by atoms with Gasteiger partial charge in [0.1, 0.15) is 5.82 Å². The number of halogens is 1. The van der Waals surface area contributed by atoms with E-state index in [0.29, 0.717) is 0 Å². The molecule has 0 atom stereocenters. The van der Waals surface area contributed by atoms with Crippen LogP contribution in [-0.2, 0) is 10.0 Å². The number of hydrogen-bond donors (Lipinski definition) is 1. The second-order valence-electron chi connectivity index (χ2n) is 4.62. The molecule has 0 radical (unpaired) electrons. The second-order valence-corrected chi connectivity index (χ2v) is 6.28. The topological polar surface area (TPSA) is 58.5 Å². The molecular weight excluding hydrogens is 291 g/mol. The van der Waals surface area contributed by atoms with Gasteiger partial charge < -0.3 is 0 Å². The van der Waals surface area contributed by atoms with Gasteiger partial charge in [0.15, 0.2) is 0 Å². The molecule has 0 saturated carbocycles. The van der Waals surface area contributed by atoms with Gasteiger partial charge in [-0.25, -0.2) is 9.22 Å². The van der Waals surface area contributed by atoms with E-state index in [1.165, 1.54) is 18.2 Å². The standard InChI is InChI=1S/C15H15FN2O2S/c1-11-7-8-14(9-12(11)2)21(19,20)18-17-10-13-5-3-4-6-15(13)16/h3-10,18H,1-2H3/b17-10+. The minimum Gasteiger partial charge on any atom is -0.206 e. The minimum absolute atomic E-state index is 0.122. The van der Waals surface area contributed by atoms with Gasteiger partial charge in [-0.05, 0) is 43.2 Å². The fourth-order valence-corrected chi connectivity index (χ4v) is 2.55. The van der Waals surface area contributed by atoms with E-state index in [9.17, 15) is 12.8 Å². The first kappa shape index (κ1) is 15.2. The molecule has 2 aromatic rings. The van der Waals surface area contributed by atoms with Gasteiger partial charge in [0.2, 0.25) is 0 Å². The lowest BCUT2D eigenvalue weighted by atomic mass is 10.1. The van der Waals surface area contributed by atoms with Crippen LogP contribution in [-0.4, -0.2) is 14.6 Å². The maximum Gasteiger partial charge on any atom is 0.276 e. The van der Waals surface area contributed by atoms with Crippen LogP contribution in [0.5, 0.6) is 0 Å². The number of hydrazone groups is 1. The summed E-state index contributed by atoms with van der Waals surface area (Å²) in [7, 11) is -3.75. The summed E-state index contributed by atoms with van der Waals surface area (Å²) in [4.78, 5) is 2.19. The monoisotopic (exact) mass is 306 g/mol. The first-order valence-electron chi connectivity index (χ1n) is 6.27. The number of nitrogens with one attached hydrogen (secondary N) is 1. The summed E-state index contributed by atoms with van der Waals surface area (Å²) >= 11 is 0. The van der Waals surface area contributed by atoms with Gasteiger partial charge in [0.25, 0.3) is 10.0 Å². The van der Waals surface area contributed by atoms with Gasteiger partial charge in [-0.3, -0.25) is 0 Å². The Kier molecular flexibility index (Phi) is 4.37. The molecule has 1 N–H and O–H groups in total. The Bertz CT molecular complexity index is 786. The van der Waals surface area contributed by atoms with Gasteiger partial charge in [0.05, 0.1) is 11.1 Å². The smallest absolute Gasteiger partial charge is 0.206 e. The van der Waals surface area contributed by atoms with Crippen molar-refractivity contribution in [2.24, 2.45) is 5.10 Å². The van der Waals surface area contributed by atoms with Crippen LogP contribution < -0.4 is 4.83 Å². The van der Waals surface area contributed by atoms with E-state index < -0.39 is 15.8 Å². The molecule has 0 unspecified atom stereocenters. The fraction of sp³-hybridized carbons (Fsp3) is 0.133. The molecular formula is C15H15FN2O2S. The molecule has 0 aliphatic heterocycles. The second kappa shape index (κ2) is 6.05. The zero-order valence-electron chi connectivity index (χ0n) is 11.7. The highest BCUT2D eigenvalue weighted by atomic mass is 32.2. The average molecular weight is 306 g/mol. The van der Waals surface area contributed by atoms with Crippen molar-refractivity contribution < 1.29 is 12.8 Å². The molecule has 0 heterocycles. The predicted octanol–water partition coefficient (Wildman–Crippen LogP) is 2.75. The third-order valence-electron chi connectivity index (χ3n) is 3.07. The summed E-state index contributed by atoms with van der Waals surface area (Å²) in [6.07, 6.45) is 1.13. The number of hydrogen-bond acceptors (Lipinski definition) is 3. The van der Waals surface area contributed by atoms with Crippen LogP contribution in [0.1, 0.15) is 16.7 Å². The largest absolute Gasteiger partial charge is 0.276 e. The van der Waals surface area contributed by atoms with Crippen molar-refractivity contribution in [2.45, 2.75) is 18.7 Å². The molecule has 0 saturated heterocycles. The normalized spacial score (nSPS) is 11.8. The number of sulfonamides is 1. The van der Waals surface area contributed by atoms with Crippen molar-refractivity contribution in [3.63, 3.8) is 0 Å². The van der Waals surface area contributed by atoms with Crippen molar-refractivity contribution in [1.82, 2.24) is 4.83 Å². The zero-order chi connectivity index (χ0) is 15.5. The van der Waals surface area contributed by atoms with Gasteiger partial charge in [-0.2, -0.15) is 13.5 Å². The van der Waals surface area contributed by atoms with E-state index in [2.05, 4.69) is 9.93 Å². The Morgan fingerprint density at radius 3 is 2.48 bits per heavy atom. The van der Waals surface area contributed by atoms with Crippen molar-refractivity contribution in [3.8, 4) is 0 Å². The Morgan fingerprint density at radius 1 is 1.10 bits per heavy atom. The SMILES string of the molecule is Cc1ccc(S(=O)(=O)N/N=C/c2ccccc2F)cc1C. The van der Waals surface area contributed by atoms with Crippen molar-refractivity contribution in [1.29, 1.82) is 0 Å². The van der Waals surface area contributed by atoms with Gasteiger partial charge in [0, 0.05) is 5.56 Å². The predicted molar refractivity (Wildman–Crippen MR) is 80.2 cm³/mol. The first-order chi connectivity index (χ1) is 9.90. The molecule has 21 heavy (non-hydrogen) atoms. The lowest BCUT2D eigenvalue weighted by molar-refractivity contribution is 0.584. The van der Waals surface area contributed by atoms with Gasteiger partial charge >= 0.3 is 0 Å². The van der Waals surface area contributed by atoms with Crippen LogP contribution in [0.4, 0.5) is 4.39 Å². The summed E-state index contributed by atoms with van der Waals surface area (Å²) < 4.78 is 37.5. The molecule has 0 fully saturated rings. The molecule has 0 aliphatic rings. The molecule has 2 aromatic carbocycles. The third-order valence-corrected chi connectivity index (χ3v) is 4.29. The molecule has 0 bridgehead atoms. The van der Waals surface area contributed by atoms with E-state index in [1.54, 1.807) is 24.3 Å². The van der Waals surface area contributed by atoms with E-state index >= 15 is 0 Å². The number of rotatable bonds is 4. The highest BCUT2D eigenvalue weighted by Crippen LogP contribution is 2.14. The number of nitrogens with zero attached hydrogens (tertiary/aromatic N) is 1. The fourth-order valence-electron chi connectivity index (χ4n) is 1.68. The Morgan fingerprint density at radius 2 is 1.81 bits per heavy atom. The molecule has 0 aromatic heterocycles. The van der Waals surface area contributed by atoms with Crippen molar-refractivity contribution in [2.75, 3.05) is 0 Å². The van der Waals surface area contributed by atoms with Crippen molar-refractivity contribution >= 4 is 16.2 Å². The maximum atomic E-state index is 13.4. The molecule has 6 heteroatoms. The highest BCUT2D eigenvalue weighted by molar-refractivity contribution is 7.89. The molecule has 2 rings (SSSR count). The lowest BCUT2D eigenvalue weighted by Crippen LogP contribution is -2.18. The van der Waals surface area contributed by atoms with Crippen LogP contribution in [0.2, 0.25) is 0 Å². The Balaban J connectivity index is 2.18. The summed E-state index contributed by atoms with van der Waals surface area (Å²) in [6.45, 7) is 3.73. The summed E-state index contributed by atoms with van der Waals surface area (Å²) in [5.41, 5.74) is 2.08. The molecule has 4 nitrogen and oxygen atoms in total. The van der Waals surface area contributed by atoms with E-state index in [0.717, 1.165) is 17.3 Å². The van der Waals surface area contributed by atoms with Crippen LogP contribution in [0.25, 0.3) is 0 Å². The average Bonchev–Trinajstić information content (AvgIpc) is 2.44. The van der Waals surface area contributed by atoms with Crippen LogP contribution in [0, 0.1) is 19.7 Å².